The van der Waals surface area contributed by atoms with Gasteiger partial charge in [0.15, 0.2) is 0 Å². The molecule has 17 heavy (non-hydrogen) atoms. The fourth-order valence-corrected chi connectivity index (χ4v) is 2.27. The number of hydrogen-bond acceptors (Lipinski definition) is 3. The van der Waals surface area contributed by atoms with E-state index in [-0.39, 0.29) is 5.54 Å². The highest BCUT2D eigenvalue weighted by Crippen LogP contribution is 2.23. The third kappa shape index (κ3) is 3.20. The van der Waals surface area contributed by atoms with Gasteiger partial charge in [0, 0.05) is 38.5 Å². The Morgan fingerprint density at radius 3 is 2.29 bits per heavy atom. The molecule has 0 unspecified atom stereocenters. The van der Waals surface area contributed by atoms with Crippen molar-refractivity contribution in [3.63, 3.8) is 0 Å². The molecule has 1 aromatic rings. The molecule has 94 valence electrons. The number of rotatable bonds is 3. The first kappa shape index (κ1) is 12.4. The maximum atomic E-state index is 6.40. The first-order valence-electron chi connectivity index (χ1n) is 6.22. The van der Waals surface area contributed by atoms with Crippen LogP contribution in [0.15, 0.2) is 24.3 Å². The molecule has 3 nitrogen and oxygen atoms in total. The van der Waals surface area contributed by atoms with Gasteiger partial charge in [-0.25, -0.2) is 0 Å². The van der Waals surface area contributed by atoms with E-state index in [9.17, 15) is 0 Å². The molecule has 1 saturated heterocycles. The van der Waals surface area contributed by atoms with Gasteiger partial charge in [-0.2, -0.15) is 0 Å². The van der Waals surface area contributed by atoms with Gasteiger partial charge < -0.3 is 15.4 Å². The molecule has 1 aliphatic rings. The SMILES string of the molecule is CN(C)c1ccc(CC2(N)CCOCC2)cc1. The lowest BCUT2D eigenvalue weighted by Crippen LogP contribution is -2.46. The third-order valence-electron chi connectivity index (χ3n) is 3.50. The van der Waals surface area contributed by atoms with E-state index in [0.717, 1.165) is 32.5 Å². The summed E-state index contributed by atoms with van der Waals surface area (Å²) in [5.74, 6) is 0. The number of benzene rings is 1. The quantitative estimate of drug-likeness (QED) is 0.866. The van der Waals surface area contributed by atoms with Crippen LogP contribution in [0.5, 0.6) is 0 Å². The Hall–Kier alpha value is -1.06. The van der Waals surface area contributed by atoms with E-state index in [1.54, 1.807) is 0 Å². The smallest absolute Gasteiger partial charge is 0.0483 e. The average molecular weight is 234 g/mol. The molecule has 0 aromatic heterocycles. The second-order valence-electron chi connectivity index (χ2n) is 5.21. The Morgan fingerprint density at radius 2 is 1.76 bits per heavy atom. The first-order chi connectivity index (χ1) is 8.09. The van der Waals surface area contributed by atoms with Crippen LogP contribution < -0.4 is 10.6 Å². The summed E-state index contributed by atoms with van der Waals surface area (Å²) in [5, 5.41) is 0. The summed E-state index contributed by atoms with van der Waals surface area (Å²) in [6.07, 6.45) is 2.87. The van der Waals surface area contributed by atoms with E-state index in [2.05, 4.69) is 43.3 Å². The van der Waals surface area contributed by atoms with E-state index in [0.29, 0.717) is 0 Å². The van der Waals surface area contributed by atoms with Gasteiger partial charge in [-0.15, -0.1) is 0 Å². The third-order valence-corrected chi connectivity index (χ3v) is 3.50. The van der Waals surface area contributed by atoms with Crippen molar-refractivity contribution < 1.29 is 4.74 Å². The molecule has 2 N–H and O–H groups in total. The monoisotopic (exact) mass is 234 g/mol. The first-order valence-corrected chi connectivity index (χ1v) is 6.22. The summed E-state index contributed by atoms with van der Waals surface area (Å²) in [4.78, 5) is 2.11. The van der Waals surface area contributed by atoms with Crippen molar-refractivity contribution in [2.75, 3.05) is 32.2 Å². The summed E-state index contributed by atoms with van der Waals surface area (Å²) in [6, 6.07) is 8.66. The summed E-state index contributed by atoms with van der Waals surface area (Å²) >= 11 is 0. The number of anilines is 1. The van der Waals surface area contributed by atoms with E-state index >= 15 is 0 Å². The van der Waals surface area contributed by atoms with Crippen LogP contribution in [0, 0.1) is 0 Å². The molecular weight excluding hydrogens is 212 g/mol. The van der Waals surface area contributed by atoms with Gasteiger partial charge in [-0.3, -0.25) is 0 Å². The summed E-state index contributed by atoms with van der Waals surface area (Å²) in [6.45, 7) is 1.60. The molecule has 0 saturated carbocycles. The van der Waals surface area contributed by atoms with Gasteiger partial charge in [0.05, 0.1) is 0 Å². The van der Waals surface area contributed by atoms with Crippen LogP contribution in [-0.4, -0.2) is 32.8 Å². The number of hydrogen-bond donors (Lipinski definition) is 1. The second kappa shape index (κ2) is 5.07. The molecule has 1 fully saturated rings. The minimum absolute atomic E-state index is 0.0715. The zero-order chi connectivity index (χ0) is 12.3. The van der Waals surface area contributed by atoms with Gasteiger partial charge in [-0.05, 0) is 37.0 Å². The Bertz CT molecular complexity index is 353. The minimum Gasteiger partial charge on any atom is -0.381 e. The fourth-order valence-electron chi connectivity index (χ4n) is 2.27. The maximum absolute atomic E-state index is 6.40. The minimum atomic E-state index is -0.0715. The van der Waals surface area contributed by atoms with Crippen molar-refractivity contribution in [2.45, 2.75) is 24.8 Å². The van der Waals surface area contributed by atoms with Crippen LogP contribution in [0.3, 0.4) is 0 Å². The largest absolute Gasteiger partial charge is 0.381 e. The van der Waals surface area contributed by atoms with Crippen LogP contribution in [-0.2, 0) is 11.2 Å². The zero-order valence-electron chi connectivity index (χ0n) is 10.8. The van der Waals surface area contributed by atoms with Gasteiger partial charge >= 0.3 is 0 Å². The Kier molecular flexibility index (Phi) is 3.69. The van der Waals surface area contributed by atoms with Crippen molar-refractivity contribution in [3.05, 3.63) is 29.8 Å². The van der Waals surface area contributed by atoms with Crippen molar-refractivity contribution >= 4 is 5.69 Å². The molecule has 0 spiro atoms. The average Bonchev–Trinajstić information content (AvgIpc) is 2.30. The van der Waals surface area contributed by atoms with Crippen LogP contribution in [0.2, 0.25) is 0 Å². The summed E-state index contributed by atoms with van der Waals surface area (Å²) in [5.41, 5.74) is 8.87. The molecule has 0 radical (unpaired) electrons. The number of nitrogens with two attached hydrogens (primary N) is 1. The maximum Gasteiger partial charge on any atom is 0.0483 e. The molecule has 0 atom stereocenters. The van der Waals surface area contributed by atoms with Gasteiger partial charge in [-0.1, -0.05) is 12.1 Å². The molecule has 1 heterocycles. The lowest BCUT2D eigenvalue weighted by Gasteiger charge is -2.33. The van der Waals surface area contributed by atoms with Gasteiger partial charge in [0.25, 0.3) is 0 Å². The molecular formula is C14H22N2O. The van der Waals surface area contributed by atoms with Crippen molar-refractivity contribution in [3.8, 4) is 0 Å². The van der Waals surface area contributed by atoms with E-state index < -0.39 is 0 Å². The van der Waals surface area contributed by atoms with Gasteiger partial charge in [0.2, 0.25) is 0 Å². The van der Waals surface area contributed by atoms with Crippen molar-refractivity contribution in [1.82, 2.24) is 0 Å². The molecule has 1 aromatic carbocycles. The number of nitrogens with zero attached hydrogens (tertiary/aromatic N) is 1. The van der Waals surface area contributed by atoms with Crippen LogP contribution in [0.1, 0.15) is 18.4 Å². The number of ether oxygens (including phenoxy) is 1. The van der Waals surface area contributed by atoms with Crippen LogP contribution >= 0.6 is 0 Å². The highest BCUT2D eigenvalue weighted by Gasteiger charge is 2.27. The Labute approximate surface area is 104 Å². The summed E-state index contributed by atoms with van der Waals surface area (Å²) in [7, 11) is 4.11. The molecule has 0 amide bonds. The highest BCUT2D eigenvalue weighted by atomic mass is 16.5. The van der Waals surface area contributed by atoms with E-state index in [1.807, 2.05) is 0 Å². The van der Waals surface area contributed by atoms with Gasteiger partial charge in [0.1, 0.15) is 0 Å². The predicted molar refractivity (Wildman–Crippen MR) is 71.4 cm³/mol. The highest BCUT2D eigenvalue weighted by molar-refractivity contribution is 5.46. The van der Waals surface area contributed by atoms with Crippen LogP contribution in [0.4, 0.5) is 5.69 Å². The summed E-state index contributed by atoms with van der Waals surface area (Å²) < 4.78 is 5.37. The normalized spacial score (nSPS) is 19.0. The molecule has 1 aliphatic heterocycles. The second-order valence-corrected chi connectivity index (χ2v) is 5.21. The molecule has 3 heteroatoms. The fraction of sp³-hybridized carbons (Fsp3) is 0.571. The topological polar surface area (TPSA) is 38.5 Å². The van der Waals surface area contributed by atoms with E-state index in [4.69, 9.17) is 10.5 Å². The van der Waals surface area contributed by atoms with Crippen LogP contribution in [0.25, 0.3) is 0 Å². The standard InChI is InChI=1S/C14H22N2O/c1-16(2)13-5-3-12(4-6-13)11-14(15)7-9-17-10-8-14/h3-6H,7-11,15H2,1-2H3. The molecule has 0 aliphatic carbocycles. The van der Waals surface area contributed by atoms with Crippen molar-refractivity contribution in [1.29, 1.82) is 0 Å². The predicted octanol–water partition coefficient (Wildman–Crippen LogP) is 1.80. The molecule has 0 bridgehead atoms. The lowest BCUT2D eigenvalue weighted by molar-refractivity contribution is 0.0533. The van der Waals surface area contributed by atoms with Crippen molar-refractivity contribution in [2.24, 2.45) is 5.73 Å². The molecule has 2 rings (SSSR count). The zero-order valence-corrected chi connectivity index (χ0v) is 10.8. The Morgan fingerprint density at radius 1 is 1.18 bits per heavy atom. The Balaban J connectivity index is 2.03. The van der Waals surface area contributed by atoms with E-state index in [1.165, 1.54) is 11.3 Å². The lowest BCUT2D eigenvalue weighted by atomic mass is 9.85.